The molecule has 5 nitrogen and oxygen atoms in total. The highest BCUT2D eigenvalue weighted by Crippen LogP contribution is 2.36. The number of aromatic nitrogens is 1. The van der Waals surface area contributed by atoms with E-state index in [2.05, 4.69) is 43.2 Å². The third-order valence-corrected chi connectivity index (χ3v) is 7.42. The third-order valence-electron chi connectivity index (χ3n) is 5.20. The van der Waals surface area contributed by atoms with Crippen LogP contribution in [0.25, 0.3) is 9.53 Å². The van der Waals surface area contributed by atoms with Gasteiger partial charge in [0.05, 0.1) is 9.58 Å². The molecular weight excluding hydrogens is 364 g/mol. The quantitative estimate of drug-likeness (QED) is 0.829. The molecule has 4 rings (SSSR count). The molecule has 0 unspecified atom stereocenters. The SMILES string of the molecule is CC1(C)CC(NC(=O)c2cc3sc(N4CCCC4)nc3s2)CC(C)(C)N1. The maximum atomic E-state index is 12.8. The van der Waals surface area contributed by atoms with Crippen molar-refractivity contribution >= 4 is 43.2 Å². The highest BCUT2D eigenvalue weighted by atomic mass is 32.1. The van der Waals surface area contributed by atoms with Gasteiger partial charge in [-0.25, -0.2) is 4.98 Å². The number of rotatable bonds is 3. The number of fused-ring (bicyclic) bond motifs is 1. The maximum Gasteiger partial charge on any atom is 0.261 e. The van der Waals surface area contributed by atoms with E-state index in [9.17, 15) is 4.79 Å². The lowest BCUT2D eigenvalue weighted by molar-refractivity contribution is 0.0877. The fourth-order valence-electron chi connectivity index (χ4n) is 4.56. The number of nitrogens with zero attached hydrogens (tertiary/aromatic N) is 2. The second-order valence-electron chi connectivity index (χ2n) is 8.94. The molecule has 2 aromatic rings. The molecule has 7 heteroatoms. The molecule has 0 radical (unpaired) electrons. The van der Waals surface area contributed by atoms with Crippen molar-refractivity contribution in [1.82, 2.24) is 15.6 Å². The molecule has 0 atom stereocenters. The average Bonchev–Trinajstić information content (AvgIpc) is 3.19. The summed E-state index contributed by atoms with van der Waals surface area (Å²) in [6.07, 6.45) is 4.40. The van der Waals surface area contributed by atoms with Gasteiger partial charge in [-0.2, -0.15) is 0 Å². The molecule has 2 aliphatic rings. The number of thiophene rings is 1. The zero-order chi connectivity index (χ0) is 18.5. The normalized spacial score (nSPS) is 22.8. The van der Waals surface area contributed by atoms with Crippen LogP contribution in [0.4, 0.5) is 5.13 Å². The van der Waals surface area contributed by atoms with E-state index in [-0.39, 0.29) is 23.0 Å². The minimum Gasteiger partial charge on any atom is -0.348 e. The molecule has 2 N–H and O–H groups in total. The molecule has 1 amide bonds. The van der Waals surface area contributed by atoms with Gasteiger partial charge in [0, 0.05) is 30.2 Å². The molecule has 0 spiro atoms. The molecule has 142 valence electrons. The lowest BCUT2D eigenvalue weighted by Crippen LogP contribution is -2.62. The van der Waals surface area contributed by atoms with Crippen LogP contribution < -0.4 is 15.5 Å². The molecular formula is C19H28N4OS2. The van der Waals surface area contributed by atoms with Gasteiger partial charge in [-0.3, -0.25) is 4.79 Å². The van der Waals surface area contributed by atoms with Crippen LogP contribution in [0.5, 0.6) is 0 Å². The molecule has 0 saturated carbocycles. The van der Waals surface area contributed by atoms with Gasteiger partial charge in [0.2, 0.25) is 0 Å². The first-order chi connectivity index (χ1) is 12.2. The first-order valence-electron chi connectivity index (χ1n) is 9.46. The molecule has 0 aromatic carbocycles. The summed E-state index contributed by atoms with van der Waals surface area (Å²) in [6.45, 7) is 11.0. The van der Waals surface area contributed by atoms with Crippen molar-refractivity contribution in [2.45, 2.75) is 70.5 Å². The number of carbonyl (C=O) groups excluding carboxylic acids is 1. The molecule has 2 aliphatic heterocycles. The lowest BCUT2D eigenvalue weighted by atomic mass is 9.79. The van der Waals surface area contributed by atoms with Crippen LogP contribution in [0.15, 0.2) is 6.07 Å². The van der Waals surface area contributed by atoms with Gasteiger partial charge in [-0.15, -0.1) is 11.3 Å². The Kier molecular flexibility index (Phi) is 4.52. The molecule has 26 heavy (non-hydrogen) atoms. The minimum atomic E-state index is 0.0294. The van der Waals surface area contributed by atoms with Gasteiger partial charge in [0.25, 0.3) is 5.91 Å². The van der Waals surface area contributed by atoms with Gasteiger partial charge in [0.1, 0.15) is 4.83 Å². The lowest BCUT2D eigenvalue weighted by Gasteiger charge is -2.46. The van der Waals surface area contributed by atoms with Crippen molar-refractivity contribution in [3.63, 3.8) is 0 Å². The highest BCUT2D eigenvalue weighted by molar-refractivity contribution is 7.29. The van der Waals surface area contributed by atoms with Crippen molar-refractivity contribution < 1.29 is 4.79 Å². The Morgan fingerprint density at radius 2 is 1.85 bits per heavy atom. The van der Waals surface area contributed by atoms with Gasteiger partial charge in [-0.1, -0.05) is 11.3 Å². The van der Waals surface area contributed by atoms with Gasteiger partial charge < -0.3 is 15.5 Å². The third kappa shape index (κ3) is 3.75. The van der Waals surface area contributed by atoms with E-state index >= 15 is 0 Å². The predicted molar refractivity (Wildman–Crippen MR) is 111 cm³/mol. The van der Waals surface area contributed by atoms with E-state index in [1.165, 1.54) is 24.2 Å². The number of thiazole rings is 1. The summed E-state index contributed by atoms with van der Waals surface area (Å²) < 4.78 is 1.13. The number of carbonyl (C=O) groups is 1. The summed E-state index contributed by atoms with van der Waals surface area (Å²) in [6, 6.07) is 2.21. The average molecular weight is 393 g/mol. The Morgan fingerprint density at radius 1 is 1.19 bits per heavy atom. The molecule has 4 heterocycles. The van der Waals surface area contributed by atoms with E-state index in [1.807, 2.05) is 6.07 Å². The van der Waals surface area contributed by atoms with Gasteiger partial charge in [-0.05, 0) is 59.4 Å². The first-order valence-corrected chi connectivity index (χ1v) is 11.1. The monoisotopic (exact) mass is 392 g/mol. The summed E-state index contributed by atoms with van der Waals surface area (Å²) in [7, 11) is 0. The highest BCUT2D eigenvalue weighted by Gasteiger charge is 2.38. The number of piperidine rings is 1. The minimum absolute atomic E-state index is 0.0294. The van der Waals surface area contributed by atoms with Crippen LogP contribution in [-0.2, 0) is 0 Å². The van der Waals surface area contributed by atoms with Crippen LogP contribution in [-0.4, -0.2) is 41.1 Å². The van der Waals surface area contributed by atoms with Gasteiger partial charge >= 0.3 is 0 Å². The Morgan fingerprint density at radius 3 is 2.46 bits per heavy atom. The molecule has 0 aliphatic carbocycles. The Hall–Kier alpha value is -1.18. The number of hydrogen-bond acceptors (Lipinski definition) is 6. The van der Waals surface area contributed by atoms with Crippen molar-refractivity contribution in [2.75, 3.05) is 18.0 Å². The van der Waals surface area contributed by atoms with E-state index in [0.717, 1.165) is 45.5 Å². The maximum absolute atomic E-state index is 12.8. The van der Waals surface area contributed by atoms with E-state index < -0.39 is 0 Å². The standard InChI is InChI=1S/C19H28N4OS2/c1-18(2)10-12(11-19(3,4)22-18)20-15(24)13-9-14-16(25-13)21-17(26-14)23-7-5-6-8-23/h9,12,22H,5-8,10-11H2,1-4H3,(H,20,24). The summed E-state index contributed by atoms with van der Waals surface area (Å²) in [5, 5.41) is 8.04. The largest absolute Gasteiger partial charge is 0.348 e. The fraction of sp³-hybridized carbons (Fsp3) is 0.684. The summed E-state index contributed by atoms with van der Waals surface area (Å²) in [5.41, 5.74) is 0.0589. The Bertz CT molecular complexity index is 769. The topological polar surface area (TPSA) is 57.3 Å². The first kappa shape index (κ1) is 18.2. The number of amides is 1. The second kappa shape index (κ2) is 6.46. The van der Waals surface area contributed by atoms with E-state index in [4.69, 9.17) is 4.98 Å². The second-order valence-corrected chi connectivity index (χ2v) is 11.0. The van der Waals surface area contributed by atoms with Crippen LogP contribution in [0.2, 0.25) is 0 Å². The number of nitrogens with one attached hydrogen (secondary N) is 2. The zero-order valence-corrected chi connectivity index (χ0v) is 17.6. The van der Waals surface area contributed by atoms with Crippen LogP contribution in [0.1, 0.15) is 63.0 Å². The van der Waals surface area contributed by atoms with Gasteiger partial charge in [0.15, 0.2) is 5.13 Å². The summed E-state index contributed by atoms with van der Waals surface area (Å²) >= 11 is 3.23. The molecule has 2 saturated heterocycles. The smallest absolute Gasteiger partial charge is 0.261 e. The Labute approximate surface area is 163 Å². The number of hydrogen-bond donors (Lipinski definition) is 2. The van der Waals surface area contributed by atoms with Crippen LogP contribution in [0, 0.1) is 0 Å². The molecule has 2 fully saturated rings. The zero-order valence-electron chi connectivity index (χ0n) is 16.0. The van der Waals surface area contributed by atoms with Crippen LogP contribution >= 0.6 is 22.7 Å². The van der Waals surface area contributed by atoms with Crippen molar-refractivity contribution in [2.24, 2.45) is 0 Å². The van der Waals surface area contributed by atoms with Crippen molar-refractivity contribution in [3.8, 4) is 0 Å². The van der Waals surface area contributed by atoms with Crippen molar-refractivity contribution in [3.05, 3.63) is 10.9 Å². The van der Waals surface area contributed by atoms with Crippen molar-refractivity contribution in [1.29, 1.82) is 0 Å². The number of anilines is 1. The predicted octanol–water partition coefficient (Wildman–Crippen LogP) is 4.00. The fourth-order valence-corrected chi connectivity index (χ4v) is 6.73. The molecule has 0 bridgehead atoms. The summed E-state index contributed by atoms with van der Waals surface area (Å²) in [5.74, 6) is 0.0430. The van der Waals surface area contributed by atoms with E-state index in [0.29, 0.717) is 0 Å². The summed E-state index contributed by atoms with van der Waals surface area (Å²) in [4.78, 5) is 21.7. The van der Waals surface area contributed by atoms with Crippen LogP contribution in [0.3, 0.4) is 0 Å². The van der Waals surface area contributed by atoms with E-state index in [1.54, 1.807) is 11.3 Å². The Balaban J connectivity index is 1.47. The molecule has 2 aromatic heterocycles.